The topological polar surface area (TPSA) is 117 Å². The van der Waals surface area contributed by atoms with Crippen LogP contribution in [0.25, 0.3) is 0 Å². The number of amides is 1. The van der Waals surface area contributed by atoms with Crippen LogP contribution in [-0.4, -0.2) is 78.0 Å². The Balaban J connectivity index is 1.38. The van der Waals surface area contributed by atoms with E-state index in [-0.39, 0.29) is 11.5 Å². The highest BCUT2D eigenvalue weighted by atomic mass is 16.1. The van der Waals surface area contributed by atoms with Gasteiger partial charge in [0.1, 0.15) is 5.82 Å². The first-order valence-electron chi connectivity index (χ1n) is 11.5. The lowest BCUT2D eigenvalue weighted by Gasteiger charge is -2.42. The van der Waals surface area contributed by atoms with Gasteiger partial charge in [-0.1, -0.05) is 6.92 Å². The number of nitrogen functional groups attached to an aromatic ring is 1. The summed E-state index contributed by atoms with van der Waals surface area (Å²) in [7, 11) is 2.20. The lowest BCUT2D eigenvalue weighted by Crippen LogP contribution is -2.52. The Morgan fingerprint density at radius 2 is 1.72 bits per heavy atom. The van der Waals surface area contributed by atoms with Gasteiger partial charge in [0.2, 0.25) is 0 Å². The number of rotatable bonds is 6. The van der Waals surface area contributed by atoms with E-state index in [9.17, 15) is 4.79 Å². The molecule has 0 spiro atoms. The van der Waals surface area contributed by atoms with E-state index in [4.69, 9.17) is 11.5 Å². The zero-order valence-corrected chi connectivity index (χ0v) is 19.0. The number of anilines is 4. The number of nitrogens with one attached hydrogen (secondary N) is 1. The summed E-state index contributed by atoms with van der Waals surface area (Å²) < 4.78 is 0. The van der Waals surface area contributed by atoms with Crippen molar-refractivity contribution in [2.75, 3.05) is 62.3 Å². The summed E-state index contributed by atoms with van der Waals surface area (Å²) in [6.07, 6.45) is 2.98. The second-order valence-corrected chi connectivity index (χ2v) is 8.70. The third-order valence-electron chi connectivity index (χ3n) is 6.58. The number of nitrogens with two attached hydrogens (primary N) is 2. The number of aryl methyl sites for hydroxylation is 1. The Labute approximate surface area is 189 Å². The number of benzene rings is 1. The zero-order valence-electron chi connectivity index (χ0n) is 19.0. The van der Waals surface area contributed by atoms with Crippen molar-refractivity contribution in [1.29, 1.82) is 0 Å². The van der Waals surface area contributed by atoms with Gasteiger partial charge in [0.25, 0.3) is 5.91 Å². The van der Waals surface area contributed by atoms with Gasteiger partial charge in [0.05, 0.1) is 5.69 Å². The number of carbonyl (C=O) groups excluding carboxylic acids is 1. The maximum absolute atomic E-state index is 11.8. The molecule has 3 heterocycles. The number of likely N-dealkylation sites (N-methyl/N-ethyl adjacent to an activating group) is 1. The summed E-state index contributed by atoms with van der Waals surface area (Å²) in [6.45, 7) is 8.74. The van der Waals surface area contributed by atoms with Gasteiger partial charge in [0, 0.05) is 56.7 Å². The van der Waals surface area contributed by atoms with Crippen molar-refractivity contribution in [3.63, 3.8) is 0 Å². The maximum atomic E-state index is 11.8. The summed E-state index contributed by atoms with van der Waals surface area (Å²) in [5, 5.41) is 3.15. The molecule has 0 unspecified atom stereocenters. The highest BCUT2D eigenvalue weighted by Gasteiger charge is 2.26. The number of nitrogens with zero attached hydrogens (tertiary/aromatic N) is 5. The quantitative estimate of drug-likeness (QED) is 0.624. The van der Waals surface area contributed by atoms with E-state index >= 15 is 0 Å². The van der Waals surface area contributed by atoms with Gasteiger partial charge in [0.15, 0.2) is 11.5 Å². The molecular formula is C23H34N8O. The molecule has 2 fully saturated rings. The van der Waals surface area contributed by atoms with Crippen LogP contribution in [0.2, 0.25) is 0 Å². The van der Waals surface area contributed by atoms with Crippen LogP contribution in [0.15, 0.2) is 24.3 Å². The molecule has 0 saturated carbocycles. The van der Waals surface area contributed by atoms with Gasteiger partial charge in [-0.2, -0.15) is 0 Å². The fourth-order valence-corrected chi connectivity index (χ4v) is 4.57. The minimum atomic E-state index is -0.630. The monoisotopic (exact) mass is 438 g/mol. The Morgan fingerprint density at radius 3 is 2.31 bits per heavy atom. The average Bonchev–Trinajstić information content (AvgIpc) is 2.80. The summed E-state index contributed by atoms with van der Waals surface area (Å²) in [5.74, 6) is -0.0395. The third-order valence-corrected chi connectivity index (χ3v) is 6.58. The zero-order chi connectivity index (χ0) is 22.7. The fraction of sp³-hybridized carbons (Fsp3) is 0.522. The molecule has 2 aliphatic heterocycles. The first-order valence-corrected chi connectivity index (χ1v) is 11.5. The standard InChI is InChI=1S/C23H34N8O/c1-3-19-21(24)28-23(20(27-19)22(25)32)26-16-4-6-17(7-5-16)30-10-8-18(9-11-30)31-14-12-29(2)13-15-31/h4-7,18H,3,8-15H2,1-2H3,(H2,25,32)(H3,24,26,28). The highest BCUT2D eigenvalue weighted by molar-refractivity contribution is 5.96. The number of hydrogen-bond acceptors (Lipinski definition) is 8. The van der Waals surface area contributed by atoms with Crippen LogP contribution in [0.5, 0.6) is 0 Å². The molecule has 9 heteroatoms. The molecule has 9 nitrogen and oxygen atoms in total. The van der Waals surface area contributed by atoms with E-state index in [0.717, 1.165) is 18.8 Å². The Bertz CT molecular complexity index is 932. The molecule has 0 bridgehead atoms. The molecule has 2 saturated heterocycles. The molecule has 4 rings (SSSR count). The Hall–Kier alpha value is -2.91. The number of aromatic nitrogens is 2. The summed E-state index contributed by atoms with van der Waals surface area (Å²) in [6, 6.07) is 8.86. The van der Waals surface area contributed by atoms with Crippen LogP contribution in [-0.2, 0) is 6.42 Å². The van der Waals surface area contributed by atoms with E-state index in [1.54, 1.807) is 0 Å². The number of piperidine rings is 1. The molecule has 2 aliphatic rings. The van der Waals surface area contributed by atoms with Crippen molar-refractivity contribution in [2.45, 2.75) is 32.2 Å². The normalized spacial score (nSPS) is 18.6. The average molecular weight is 439 g/mol. The molecule has 0 aliphatic carbocycles. The minimum absolute atomic E-state index is 0.103. The second-order valence-electron chi connectivity index (χ2n) is 8.70. The van der Waals surface area contributed by atoms with Crippen LogP contribution in [0, 0.1) is 0 Å². The van der Waals surface area contributed by atoms with Gasteiger partial charge in [-0.25, -0.2) is 9.97 Å². The predicted molar refractivity (Wildman–Crippen MR) is 128 cm³/mol. The summed E-state index contributed by atoms with van der Waals surface area (Å²) in [4.78, 5) is 28.0. The largest absolute Gasteiger partial charge is 0.382 e. The van der Waals surface area contributed by atoms with Gasteiger partial charge in [-0.05, 0) is 50.6 Å². The molecule has 2 aromatic rings. The van der Waals surface area contributed by atoms with Crippen molar-refractivity contribution >= 4 is 28.9 Å². The summed E-state index contributed by atoms with van der Waals surface area (Å²) >= 11 is 0. The van der Waals surface area contributed by atoms with Crippen LogP contribution >= 0.6 is 0 Å². The first kappa shape index (κ1) is 22.3. The molecule has 172 valence electrons. The molecule has 1 aromatic heterocycles. The third kappa shape index (κ3) is 4.94. The molecule has 32 heavy (non-hydrogen) atoms. The maximum Gasteiger partial charge on any atom is 0.271 e. The molecule has 1 amide bonds. The molecule has 1 aromatic carbocycles. The van der Waals surface area contributed by atoms with Gasteiger partial charge in [-0.15, -0.1) is 0 Å². The Morgan fingerprint density at radius 1 is 1.06 bits per heavy atom. The smallest absolute Gasteiger partial charge is 0.271 e. The van der Waals surface area contributed by atoms with Crippen molar-refractivity contribution in [2.24, 2.45) is 5.73 Å². The number of hydrogen-bond donors (Lipinski definition) is 3. The van der Waals surface area contributed by atoms with Crippen LogP contribution in [0.1, 0.15) is 35.9 Å². The number of piperazine rings is 1. The lowest BCUT2D eigenvalue weighted by atomic mass is 10.0. The minimum Gasteiger partial charge on any atom is -0.382 e. The van der Waals surface area contributed by atoms with Crippen molar-refractivity contribution < 1.29 is 4.79 Å². The lowest BCUT2D eigenvalue weighted by molar-refractivity contribution is 0.0982. The molecule has 5 N–H and O–H groups in total. The second kappa shape index (κ2) is 9.70. The van der Waals surface area contributed by atoms with E-state index < -0.39 is 5.91 Å². The Kier molecular flexibility index (Phi) is 6.76. The van der Waals surface area contributed by atoms with Gasteiger partial charge < -0.3 is 26.6 Å². The van der Waals surface area contributed by atoms with Crippen LogP contribution in [0.3, 0.4) is 0 Å². The van der Waals surface area contributed by atoms with E-state index in [2.05, 4.69) is 49.2 Å². The van der Waals surface area contributed by atoms with Crippen molar-refractivity contribution in [3.05, 3.63) is 35.7 Å². The molecule has 0 atom stereocenters. The molecular weight excluding hydrogens is 404 g/mol. The van der Waals surface area contributed by atoms with Crippen LogP contribution < -0.4 is 21.7 Å². The van der Waals surface area contributed by atoms with E-state index in [1.165, 1.54) is 44.7 Å². The SMILES string of the molecule is CCc1nc(C(N)=O)c(Nc2ccc(N3CCC(N4CCN(C)CC4)CC3)cc2)nc1N. The highest BCUT2D eigenvalue weighted by Crippen LogP contribution is 2.26. The fourth-order valence-electron chi connectivity index (χ4n) is 4.57. The van der Waals surface area contributed by atoms with E-state index in [0.29, 0.717) is 24.0 Å². The van der Waals surface area contributed by atoms with E-state index in [1.807, 2.05) is 19.1 Å². The van der Waals surface area contributed by atoms with Gasteiger partial charge in [-0.3, -0.25) is 9.69 Å². The predicted octanol–water partition coefficient (Wildman–Crippen LogP) is 1.68. The van der Waals surface area contributed by atoms with Crippen molar-refractivity contribution in [3.8, 4) is 0 Å². The van der Waals surface area contributed by atoms with Crippen molar-refractivity contribution in [1.82, 2.24) is 19.8 Å². The van der Waals surface area contributed by atoms with Crippen LogP contribution in [0.4, 0.5) is 23.0 Å². The van der Waals surface area contributed by atoms with Gasteiger partial charge >= 0.3 is 0 Å². The molecule has 0 radical (unpaired) electrons. The number of carbonyl (C=O) groups is 1. The first-order chi connectivity index (χ1) is 15.4. The summed E-state index contributed by atoms with van der Waals surface area (Å²) in [5.41, 5.74) is 14.2. The number of primary amides is 1.